The Kier molecular flexibility index (Phi) is 7.55. The number of hydrogen-bond donors (Lipinski definition) is 3. The topological polar surface area (TPSA) is 107 Å². The van der Waals surface area contributed by atoms with E-state index < -0.39 is 11.7 Å². The van der Waals surface area contributed by atoms with Gasteiger partial charge in [-0.1, -0.05) is 18.2 Å². The molecule has 0 radical (unpaired) electrons. The molecular weight excluding hydrogens is 422 g/mol. The Morgan fingerprint density at radius 1 is 1.03 bits per heavy atom. The van der Waals surface area contributed by atoms with Crippen molar-refractivity contribution in [1.82, 2.24) is 15.1 Å². The van der Waals surface area contributed by atoms with Gasteiger partial charge in [0.25, 0.3) is 0 Å². The third-order valence-electron chi connectivity index (χ3n) is 4.42. The number of ether oxygens (including phenoxy) is 2. The van der Waals surface area contributed by atoms with Crippen LogP contribution in [0, 0.1) is 0 Å². The van der Waals surface area contributed by atoms with E-state index in [1.165, 1.54) is 7.11 Å². The fourth-order valence-corrected chi connectivity index (χ4v) is 3.00. The standard InChI is InChI=1S/C24H29N5O4/c1-24(2,3)33-23(31)27-20-16-18(10-11-21(20)32-4)26-22(30)25-14-12-17-13-15-29(28-17)19-8-6-5-7-9-19/h5-11,13,15-16H,12,14H2,1-4H3,(H,27,31)(H2,25,26,30). The highest BCUT2D eigenvalue weighted by Gasteiger charge is 2.18. The maximum atomic E-state index is 12.3. The van der Waals surface area contributed by atoms with E-state index in [0.29, 0.717) is 30.1 Å². The molecule has 9 heteroatoms. The van der Waals surface area contributed by atoms with Crippen molar-refractivity contribution < 1.29 is 19.1 Å². The van der Waals surface area contributed by atoms with E-state index in [0.717, 1.165) is 11.4 Å². The van der Waals surface area contributed by atoms with Gasteiger partial charge in [-0.2, -0.15) is 5.10 Å². The first-order valence-corrected chi connectivity index (χ1v) is 10.6. The molecule has 0 saturated carbocycles. The highest BCUT2D eigenvalue weighted by Crippen LogP contribution is 2.28. The lowest BCUT2D eigenvalue weighted by Crippen LogP contribution is -2.30. The number of para-hydroxylation sites is 1. The number of rotatable bonds is 7. The van der Waals surface area contributed by atoms with Crippen LogP contribution in [0.3, 0.4) is 0 Å². The molecule has 174 valence electrons. The van der Waals surface area contributed by atoms with Crippen LogP contribution < -0.4 is 20.7 Å². The fourth-order valence-electron chi connectivity index (χ4n) is 3.00. The van der Waals surface area contributed by atoms with Gasteiger partial charge in [-0.25, -0.2) is 14.3 Å². The van der Waals surface area contributed by atoms with Crippen molar-refractivity contribution in [3.8, 4) is 11.4 Å². The van der Waals surface area contributed by atoms with Crippen LogP contribution in [-0.4, -0.2) is 41.2 Å². The van der Waals surface area contributed by atoms with Crippen LogP contribution >= 0.6 is 0 Å². The molecule has 33 heavy (non-hydrogen) atoms. The van der Waals surface area contributed by atoms with Gasteiger partial charge in [0, 0.05) is 24.8 Å². The van der Waals surface area contributed by atoms with E-state index >= 15 is 0 Å². The first kappa shape index (κ1) is 23.6. The summed E-state index contributed by atoms with van der Waals surface area (Å²) in [7, 11) is 1.49. The van der Waals surface area contributed by atoms with Crippen LogP contribution in [0.5, 0.6) is 5.75 Å². The Bertz CT molecular complexity index is 1090. The summed E-state index contributed by atoms with van der Waals surface area (Å²) in [5, 5.41) is 12.7. The molecule has 9 nitrogen and oxygen atoms in total. The minimum Gasteiger partial charge on any atom is -0.495 e. The highest BCUT2D eigenvalue weighted by atomic mass is 16.6. The minimum absolute atomic E-state index is 0.370. The molecule has 0 fully saturated rings. The lowest BCUT2D eigenvalue weighted by Gasteiger charge is -2.20. The Hall–Kier alpha value is -4.01. The van der Waals surface area contributed by atoms with Gasteiger partial charge in [-0.15, -0.1) is 0 Å². The summed E-state index contributed by atoms with van der Waals surface area (Å²) in [6.45, 7) is 5.74. The number of anilines is 2. The summed E-state index contributed by atoms with van der Waals surface area (Å²) in [6, 6.07) is 16.3. The van der Waals surface area contributed by atoms with Gasteiger partial charge >= 0.3 is 12.1 Å². The Labute approximate surface area is 193 Å². The third-order valence-corrected chi connectivity index (χ3v) is 4.42. The minimum atomic E-state index is -0.635. The fraction of sp³-hybridized carbons (Fsp3) is 0.292. The zero-order chi connectivity index (χ0) is 23.8. The molecule has 0 unspecified atom stereocenters. The Balaban J connectivity index is 1.52. The van der Waals surface area contributed by atoms with Crippen LogP contribution in [0.25, 0.3) is 5.69 Å². The van der Waals surface area contributed by atoms with E-state index in [9.17, 15) is 9.59 Å². The van der Waals surface area contributed by atoms with Crippen LogP contribution in [0.15, 0.2) is 60.8 Å². The molecule has 3 N–H and O–H groups in total. The lowest BCUT2D eigenvalue weighted by molar-refractivity contribution is 0.0635. The summed E-state index contributed by atoms with van der Waals surface area (Å²) in [5.41, 5.74) is 2.09. The summed E-state index contributed by atoms with van der Waals surface area (Å²) >= 11 is 0. The zero-order valence-corrected chi connectivity index (χ0v) is 19.2. The molecule has 3 rings (SSSR count). The number of hydrogen-bond acceptors (Lipinski definition) is 5. The highest BCUT2D eigenvalue weighted by molar-refractivity contribution is 5.92. The predicted molar refractivity (Wildman–Crippen MR) is 127 cm³/mol. The first-order valence-electron chi connectivity index (χ1n) is 10.6. The Morgan fingerprint density at radius 3 is 2.48 bits per heavy atom. The molecule has 3 aromatic rings. The Morgan fingerprint density at radius 2 is 1.79 bits per heavy atom. The molecule has 0 saturated heterocycles. The largest absolute Gasteiger partial charge is 0.495 e. The van der Waals surface area contributed by atoms with Crippen LogP contribution in [0.4, 0.5) is 21.0 Å². The van der Waals surface area contributed by atoms with Gasteiger partial charge in [-0.3, -0.25) is 5.32 Å². The first-order chi connectivity index (χ1) is 15.7. The van der Waals surface area contributed by atoms with Crippen LogP contribution in [0.2, 0.25) is 0 Å². The van der Waals surface area contributed by atoms with Gasteiger partial charge in [0.05, 0.1) is 24.2 Å². The molecule has 2 aromatic carbocycles. The molecule has 0 bridgehead atoms. The number of nitrogens with zero attached hydrogens (tertiary/aromatic N) is 2. The second-order valence-corrected chi connectivity index (χ2v) is 8.26. The SMILES string of the molecule is COc1ccc(NC(=O)NCCc2ccn(-c3ccccc3)n2)cc1NC(=O)OC(C)(C)C. The lowest BCUT2D eigenvalue weighted by atomic mass is 10.2. The average Bonchev–Trinajstić information content (AvgIpc) is 3.22. The second-order valence-electron chi connectivity index (χ2n) is 8.26. The number of aromatic nitrogens is 2. The predicted octanol–water partition coefficient (Wildman–Crippen LogP) is 4.59. The van der Waals surface area contributed by atoms with Crippen molar-refractivity contribution >= 4 is 23.5 Å². The van der Waals surface area contributed by atoms with E-state index in [2.05, 4.69) is 21.0 Å². The number of methoxy groups -OCH3 is 1. The zero-order valence-electron chi connectivity index (χ0n) is 19.2. The van der Waals surface area contributed by atoms with Crippen molar-refractivity contribution in [2.24, 2.45) is 0 Å². The average molecular weight is 452 g/mol. The molecule has 0 aliphatic carbocycles. The number of amides is 3. The number of carbonyl (C=O) groups excluding carboxylic acids is 2. The monoisotopic (exact) mass is 451 g/mol. The van der Waals surface area contributed by atoms with E-state index in [1.807, 2.05) is 42.6 Å². The van der Waals surface area contributed by atoms with Crippen molar-refractivity contribution in [2.75, 3.05) is 24.3 Å². The summed E-state index contributed by atoms with van der Waals surface area (Å²) in [4.78, 5) is 24.4. The van der Waals surface area contributed by atoms with Crippen LogP contribution in [-0.2, 0) is 11.2 Å². The van der Waals surface area contributed by atoms with Crippen molar-refractivity contribution in [1.29, 1.82) is 0 Å². The van der Waals surface area contributed by atoms with E-state index in [1.54, 1.807) is 43.7 Å². The number of urea groups is 1. The number of carbonyl (C=O) groups is 2. The molecule has 1 heterocycles. The molecule has 0 aliphatic rings. The normalized spacial score (nSPS) is 10.9. The molecule has 0 aliphatic heterocycles. The van der Waals surface area contributed by atoms with Gasteiger partial charge in [0.1, 0.15) is 11.4 Å². The van der Waals surface area contributed by atoms with Crippen molar-refractivity contribution in [2.45, 2.75) is 32.8 Å². The quantitative estimate of drug-likeness (QED) is 0.487. The molecule has 1 aromatic heterocycles. The van der Waals surface area contributed by atoms with Crippen molar-refractivity contribution in [3.63, 3.8) is 0 Å². The third kappa shape index (κ3) is 7.27. The molecule has 0 atom stereocenters. The summed E-state index contributed by atoms with van der Waals surface area (Å²) in [5.74, 6) is 0.445. The number of nitrogens with one attached hydrogen (secondary N) is 3. The summed E-state index contributed by atoms with van der Waals surface area (Å²) < 4.78 is 12.3. The number of benzene rings is 2. The maximum absolute atomic E-state index is 12.3. The molecule has 3 amide bonds. The van der Waals surface area contributed by atoms with E-state index in [4.69, 9.17) is 9.47 Å². The summed E-state index contributed by atoms with van der Waals surface area (Å²) in [6.07, 6.45) is 1.86. The van der Waals surface area contributed by atoms with Gasteiger partial charge in [0.2, 0.25) is 0 Å². The second kappa shape index (κ2) is 10.5. The van der Waals surface area contributed by atoms with Crippen molar-refractivity contribution in [3.05, 3.63) is 66.5 Å². The molecular formula is C24H29N5O4. The van der Waals surface area contributed by atoms with Gasteiger partial charge in [0.15, 0.2) is 0 Å². The van der Waals surface area contributed by atoms with Crippen LogP contribution in [0.1, 0.15) is 26.5 Å². The van der Waals surface area contributed by atoms with E-state index in [-0.39, 0.29) is 6.03 Å². The molecule has 0 spiro atoms. The van der Waals surface area contributed by atoms with Gasteiger partial charge < -0.3 is 20.1 Å². The van der Waals surface area contributed by atoms with Gasteiger partial charge in [-0.05, 0) is 57.2 Å². The smallest absolute Gasteiger partial charge is 0.412 e. The maximum Gasteiger partial charge on any atom is 0.412 e.